The molecule has 38 heavy (non-hydrogen) atoms. The van der Waals surface area contributed by atoms with Crippen molar-refractivity contribution in [3.63, 3.8) is 0 Å². The number of carbonyl (C=O) groups excluding carboxylic acids is 1. The van der Waals surface area contributed by atoms with Gasteiger partial charge in [0, 0.05) is 43.8 Å². The number of aliphatic hydroxyl groups excluding tert-OH is 1. The number of hydrogen-bond acceptors (Lipinski definition) is 6. The molecule has 0 bridgehead atoms. The van der Waals surface area contributed by atoms with Crippen molar-refractivity contribution in [1.29, 1.82) is 0 Å². The predicted octanol–water partition coefficient (Wildman–Crippen LogP) is 4.14. The number of carbonyl (C=O) groups is 1. The Morgan fingerprint density at radius 2 is 1.95 bits per heavy atom. The third-order valence-electron chi connectivity index (χ3n) is 7.56. The lowest BCUT2D eigenvalue weighted by atomic mass is 9.91. The molecule has 1 aliphatic rings. The van der Waals surface area contributed by atoms with Crippen LogP contribution in [0.15, 0.2) is 35.1 Å². The van der Waals surface area contributed by atoms with Crippen LogP contribution in [0.5, 0.6) is 0 Å². The third kappa shape index (κ3) is 4.65. The highest BCUT2D eigenvalue weighted by Crippen LogP contribution is 2.36. The normalized spacial score (nSPS) is 15.4. The fourth-order valence-corrected chi connectivity index (χ4v) is 5.76. The minimum atomic E-state index is -0.238. The standard InChI is InChI=1S/C28H33ClN6O3/c1-16-5-6-20-21(15-16)28(38)33(4)27-24(20)25(32-35(27)13-14-36)17(2)30-22-7-8-23(29)31-26(22)19-9-11-34(12-10-19)18(3)37/h5-8,15,17,19,30,36H,9-14H2,1-4H3. The SMILES string of the molecule is CC(=O)N1CCC(c2nc(Cl)ccc2NC(C)c2nn(CCO)c3c2c2ccc(C)cc2c(=O)n3C)CC1. The van der Waals surface area contributed by atoms with Gasteiger partial charge in [0.05, 0.1) is 41.7 Å². The van der Waals surface area contributed by atoms with E-state index in [0.717, 1.165) is 46.3 Å². The first-order valence-corrected chi connectivity index (χ1v) is 13.4. The van der Waals surface area contributed by atoms with Gasteiger partial charge in [0.15, 0.2) is 0 Å². The topological polar surface area (TPSA) is 105 Å². The van der Waals surface area contributed by atoms with Crippen LogP contribution in [0, 0.1) is 6.92 Å². The van der Waals surface area contributed by atoms with Gasteiger partial charge in [-0.1, -0.05) is 29.3 Å². The van der Waals surface area contributed by atoms with Gasteiger partial charge in [0.1, 0.15) is 10.8 Å². The maximum Gasteiger partial charge on any atom is 0.259 e. The molecule has 2 N–H and O–H groups in total. The molecule has 1 aromatic carbocycles. The summed E-state index contributed by atoms with van der Waals surface area (Å²) >= 11 is 6.32. The number of amides is 1. The number of piperidine rings is 1. The highest BCUT2D eigenvalue weighted by atomic mass is 35.5. The number of nitrogens with zero attached hydrogens (tertiary/aromatic N) is 5. The summed E-state index contributed by atoms with van der Waals surface area (Å²) in [6.45, 7) is 7.18. The molecule has 0 spiro atoms. The van der Waals surface area contributed by atoms with Crippen LogP contribution in [0.1, 0.15) is 55.6 Å². The number of halogens is 1. The zero-order chi connectivity index (χ0) is 27.1. The molecule has 200 valence electrons. The highest BCUT2D eigenvalue weighted by Gasteiger charge is 2.27. The Hall–Kier alpha value is -3.43. The minimum absolute atomic E-state index is 0.0939. The van der Waals surface area contributed by atoms with E-state index in [1.807, 2.05) is 43.0 Å². The Morgan fingerprint density at radius 3 is 2.63 bits per heavy atom. The molecule has 0 radical (unpaired) electrons. The van der Waals surface area contributed by atoms with Crippen molar-refractivity contribution >= 4 is 45.0 Å². The molecule has 9 nitrogen and oxygen atoms in total. The second kappa shape index (κ2) is 10.4. The van der Waals surface area contributed by atoms with E-state index in [1.165, 1.54) is 0 Å². The summed E-state index contributed by atoms with van der Waals surface area (Å²) in [5.41, 5.74) is 4.14. The molecule has 4 aromatic rings. The predicted molar refractivity (Wildman–Crippen MR) is 150 cm³/mol. The van der Waals surface area contributed by atoms with Crippen LogP contribution in [-0.2, 0) is 18.4 Å². The lowest BCUT2D eigenvalue weighted by Gasteiger charge is -2.32. The number of fused-ring (bicyclic) bond motifs is 3. The molecule has 1 aliphatic heterocycles. The number of aliphatic hydroxyl groups is 1. The second-order valence-corrected chi connectivity index (χ2v) is 10.5. The zero-order valence-electron chi connectivity index (χ0n) is 22.2. The molecule has 3 aromatic heterocycles. The van der Waals surface area contributed by atoms with E-state index in [4.69, 9.17) is 21.7 Å². The number of likely N-dealkylation sites (tertiary alicyclic amines) is 1. The Kier molecular flexibility index (Phi) is 7.15. The number of hydrogen-bond donors (Lipinski definition) is 2. The van der Waals surface area contributed by atoms with Gasteiger partial charge in [-0.2, -0.15) is 5.10 Å². The Balaban J connectivity index is 1.58. The quantitative estimate of drug-likeness (QED) is 0.359. The molecule has 4 heterocycles. The van der Waals surface area contributed by atoms with Crippen molar-refractivity contribution in [3.8, 4) is 0 Å². The maximum absolute atomic E-state index is 13.2. The number of benzene rings is 1. The molecule has 1 atom stereocenters. The van der Waals surface area contributed by atoms with Crippen molar-refractivity contribution < 1.29 is 9.90 Å². The maximum atomic E-state index is 13.2. The average molecular weight is 537 g/mol. The fourth-order valence-electron chi connectivity index (χ4n) is 5.61. The summed E-state index contributed by atoms with van der Waals surface area (Å²) < 4.78 is 3.33. The number of aromatic nitrogens is 4. The molecule has 1 saturated heterocycles. The van der Waals surface area contributed by atoms with Crippen LogP contribution in [0.3, 0.4) is 0 Å². The summed E-state index contributed by atoms with van der Waals surface area (Å²) in [5.74, 6) is 0.268. The van der Waals surface area contributed by atoms with Crippen molar-refractivity contribution in [3.05, 3.63) is 62.8 Å². The molecular weight excluding hydrogens is 504 g/mol. The van der Waals surface area contributed by atoms with Crippen LogP contribution in [0.2, 0.25) is 5.15 Å². The van der Waals surface area contributed by atoms with Crippen molar-refractivity contribution in [2.75, 3.05) is 25.0 Å². The lowest BCUT2D eigenvalue weighted by molar-refractivity contribution is -0.129. The van der Waals surface area contributed by atoms with Gasteiger partial charge in [-0.05, 0) is 44.9 Å². The summed E-state index contributed by atoms with van der Waals surface area (Å²) in [6.07, 6.45) is 1.63. The van der Waals surface area contributed by atoms with Gasteiger partial charge < -0.3 is 15.3 Å². The molecule has 10 heteroatoms. The van der Waals surface area contributed by atoms with E-state index in [2.05, 4.69) is 5.32 Å². The van der Waals surface area contributed by atoms with Crippen molar-refractivity contribution in [2.24, 2.45) is 7.05 Å². The number of pyridine rings is 2. The van der Waals surface area contributed by atoms with E-state index < -0.39 is 0 Å². The minimum Gasteiger partial charge on any atom is -0.394 e. The van der Waals surface area contributed by atoms with Crippen molar-refractivity contribution in [1.82, 2.24) is 24.2 Å². The van der Waals surface area contributed by atoms with Crippen LogP contribution >= 0.6 is 11.6 Å². The first-order chi connectivity index (χ1) is 18.2. The van der Waals surface area contributed by atoms with Gasteiger partial charge in [0.2, 0.25) is 5.91 Å². The molecule has 1 unspecified atom stereocenters. The highest BCUT2D eigenvalue weighted by molar-refractivity contribution is 6.29. The Bertz CT molecular complexity index is 1590. The van der Waals surface area contributed by atoms with Gasteiger partial charge in [-0.25, -0.2) is 9.67 Å². The smallest absolute Gasteiger partial charge is 0.259 e. The summed E-state index contributed by atoms with van der Waals surface area (Å²) in [7, 11) is 1.75. The Morgan fingerprint density at radius 1 is 1.21 bits per heavy atom. The van der Waals surface area contributed by atoms with E-state index >= 15 is 0 Å². The number of anilines is 1. The average Bonchev–Trinajstić information content (AvgIpc) is 3.28. The summed E-state index contributed by atoms with van der Waals surface area (Å²) in [5, 5.41) is 21.0. The van der Waals surface area contributed by atoms with Crippen LogP contribution in [0.25, 0.3) is 21.8 Å². The summed E-state index contributed by atoms with van der Waals surface area (Å²) in [4.78, 5) is 31.6. The van der Waals surface area contributed by atoms with E-state index in [-0.39, 0.29) is 36.6 Å². The molecule has 5 rings (SSSR count). The van der Waals surface area contributed by atoms with Gasteiger partial charge in [0.25, 0.3) is 5.56 Å². The van der Waals surface area contributed by atoms with Gasteiger partial charge in [-0.3, -0.25) is 14.2 Å². The van der Waals surface area contributed by atoms with Crippen molar-refractivity contribution in [2.45, 2.75) is 52.1 Å². The summed E-state index contributed by atoms with van der Waals surface area (Å²) in [6, 6.07) is 9.38. The van der Waals surface area contributed by atoms with E-state index in [0.29, 0.717) is 29.3 Å². The molecule has 1 amide bonds. The molecule has 1 fully saturated rings. The van der Waals surface area contributed by atoms with Crippen LogP contribution in [0.4, 0.5) is 5.69 Å². The largest absolute Gasteiger partial charge is 0.394 e. The lowest BCUT2D eigenvalue weighted by Crippen LogP contribution is -2.36. The first kappa shape index (κ1) is 26.2. The van der Waals surface area contributed by atoms with Crippen LogP contribution < -0.4 is 10.9 Å². The van der Waals surface area contributed by atoms with Crippen LogP contribution in [-0.4, -0.2) is 54.9 Å². The number of rotatable bonds is 6. The van der Waals surface area contributed by atoms with E-state index in [9.17, 15) is 14.7 Å². The Labute approximate surface area is 226 Å². The number of nitrogens with one attached hydrogen (secondary N) is 1. The third-order valence-corrected chi connectivity index (χ3v) is 7.77. The second-order valence-electron chi connectivity index (χ2n) is 10.2. The number of aryl methyl sites for hydroxylation is 2. The first-order valence-electron chi connectivity index (χ1n) is 13.0. The monoisotopic (exact) mass is 536 g/mol. The van der Waals surface area contributed by atoms with Gasteiger partial charge in [-0.15, -0.1) is 0 Å². The molecule has 0 saturated carbocycles. The van der Waals surface area contributed by atoms with E-state index in [1.54, 1.807) is 29.3 Å². The molecule has 0 aliphatic carbocycles. The van der Waals surface area contributed by atoms with Gasteiger partial charge >= 0.3 is 0 Å². The fraction of sp³-hybridized carbons (Fsp3) is 0.429. The molecular formula is C28H33ClN6O3. The zero-order valence-corrected chi connectivity index (χ0v) is 22.9.